The van der Waals surface area contributed by atoms with Crippen LogP contribution in [0, 0.1) is 11.8 Å². The molecule has 0 unspecified atom stereocenters. The van der Waals surface area contributed by atoms with Gasteiger partial charge in [0.25, 0.3) is 5.91 Å². The minimum atomic E-state index is -0.148. The highest BCUT2D eigenvalue weighted by Gasteiger charge is 2.26. The summed E-state index contributed by atoms with van der Waals surface area (Å²) < 4.78 is 0. The van der Waals surface area contributed by atoms with Crippen molar-refractivity contribution in [2.45, 2.75) is 25.3 Å². The molecule has 0 atom stereocenters. The topological polar surface area (TPSA) is 40.5 Å². The molecule has 0 aromatic heterocycles. The summed E-state index contributed by atoms with van der Waals surface area (Å²) in [7, 11) is 1.87. The standard InChI is InChI=1S/C15H17NO2/c1-16(14-5-2-6-14)15(18)13-9-7-12(8-10-13)4-3-11-17/h7-10,14,17H,2,5-6,11H2,1H3. The quantitative estimate of drug-likeness (QED) is 0.802. The second-order valence-electron chi connectivity index (χ2n) is 4.54. The highest BCUT2D eigenvalue weighted by molar-refractivity contribution is 5.94. The molecule has 1 amide bonds. The lowest BCUT2D eigenvalue weighted by atomic mass is 9.91. The predicted octanol–water partition coefficient (Wildman–Crippen LogP) is 1.65. The van der Waals surface area contributed by atoms with Crippen molar-refractivity contribution in [3.63, 3.8) is 0 Å². The van der Waals surface area contributed by atoms with Gasteiger partial charge in [-0.1, -0.05) is 11.8 Å². The fourth-order valence-corrected chi connectivity index (χ4v) is 1.98. The zero-order chi connectivity index (χ0) is 13.0. The molecule has 1 aromatic rings. The van der Waals surface area contributed by atoms with E-state index >= 15 is 0 Å². The van der Waals surface area contributed by atoms with Crippen molar-refractivity contribution in [3.8, 4) is 11.8 Å². The maximum Gasteiger partial charge on any atom is 0.253 e. The summed E-state index contributed by atoms with van der Waals surface area (Å²) in [5, 5.41) is 8.60. The van der Waals surface area contributed by atoms with Gasteiger partial charge >= 0.3 is 0 Å². The first kappa shape index (κ1) is 12.7. The maximum absolute atomic E-state index is 12.2. The molecule has 1 saturated carbocycles. The minimum absolute atomic E-state index is 0.0707. The van der Waals surface area contributed by atoms with Crippen LogP contribution in [0.15, 0.2) is 24.3 Å². The molecule has 18 heavy (non-hydrogen) atoms. The lowest BCUT2D eigenvalue weighted by Crippen LogP contribution is -2.41. The van der Waals surface area contributed by atoms with E-state index in [1.807, 2.05) is 24.1 Å². The van der Waals surface area contributed by atoms with Crippen LogP contribution in [0.3, 0.4) is 0 Å². The van der Waals surface area contributed by atoms with E-state index in [9.17, 15) is 4.79 Å². The third-order valence-corrected chi connectivity index (χ3v) is 3.39. The number of hydrogen-bond donors (Lipinski definition) is 1. The van der Waals surface area contributed by atoms with Crippen molar-refractivity contribution in [3.05, 3.63) is 35.4 Å². The van der Waals surface area contributed by atoms with Crippen LogP contribution in [0.5, 0.6) is 0 Å². The van der Waals surface area contributed by atoms with Gasteiger partial charge in [0, 0.05) is 24.2 Å². The van der Waals surface area contributed by atoms with Gasteiger partial charge in [-0.05, 0) is 43.5 Å². The number of amides is 1. The number of nitrogens with zero attached hydrogens (tertiary/aromatic N) is 1. The molecule has 1 fully saturated rings. The molecule has 0 heterocycles. The maximum atomic E-state index is 12.2. The van der Waals surface area contributed by atoms with Crippen LogP contribution >= 0.6 is 0 Å². The van der Waals surface area contributed by atoms with Crippen molar-refractivity contribution in [2.24, 2.45) is 0 Å². The fourth-order valence-electron chi connectivity index (χ4n) is 1.98. The van der Waals surface area contributed by atoms with Crippen LogP contribution in [-0.2, 0) is 0 Å². The van der Waals surface area contributed by atoms with Crippen molar-refractivity contribution >= 4 is 5.91 Å². The van der Waals surface area contributed by atoms with E-state index in [1.165, 1.54) is 6.42 Å². The first-order valence-corrected chi connectivity index (χ1v) is 6.19. The summed E-state index contributed by atoms with van der Waals surface area (Å²) in [5.74, 6) is 5.46. The number of aliphatic hydroxyl groups excluding tert-OH is 1. The second kappa shape index (κ2) is 5.70. The second-order valence-corrected chi connectivity index (χ2v) is 4.54. The molecule has 1 N–H and O–H groups in total. The van der Waals surface area contributed by atoms with Crippen molar-refractivity contribution in [2.75, 3.05) is 13.7 Å². The Morgan fingerprint density at radius 2 is 2.06 bits per heavy atom. The van der Waals surface area contributed by atoms with Gasteiger partial charge in [0.1, 0.15) is 6.61 Å². The lowest BCUT2D eigenvalue weighted by Gasteiger charge is -2.34. The fraction of sp³-hybridized carbons (Fsp3) is 0.400. The van der Waals surface area contributed by atoms with E-state index in [4.69, 9.17) is 5.11 Å². The molecular formula is C15H17NO2. The van der Waals surface area contributed by atoms with Crippen LogP contribution in [0.2, 0.25) is 0 Å². The molecule has 2 rings (SSSR count). The number of carbonyl (C=O) groups excluding carboxylic acids is 1. The number of carbonyl (C=O) groups is 1. The van der Waals surface area contributed by atoms with Crippen molar-refractivity contribution in [1.82, 2.24) is 4.90 Å². The molecule has 0 bridgehead atoms. The van der Waals surface area contributed by atoms with Gasteiger partial charge in [-0.15, -0.1) is 0 Å². The Morgan fingerprint density at radius 3 is 2.56 bits per heavy atom. The van der Waals surface area contributed by atoms with E-state index in [2.05, 4.69) is 11.8 Å². The molecule has 0 radical (unpaired) electrons. The van der Waals surface area contributed by atoms with E-state index in [0.29, 0.717) is 11.6 Å². The van der Waals surface area contributed by atoms with Crippen LogP contribution in [0.25, 0.3) is 0 Å². The average molecular weight is 243 g/mol. The van der Waals surface area contributed by atoms with Crippen LogP contribution in [-0.4, -0.2) is 35.6 Å². The summed E-state index contributed by atoms with van der Waals surface area (Å²) in [4.78, 5) is 14.0. The molecule has 1 aliphatic carbocycles. The zero-order valence-electron chi connectivity index (χ0n) is 10.5. The van der Waals surface area contributed by atoms with E-state index < -0.39 is 0 Å². The summed E-state index contributed by atoms with van der Waals surface area (Å²) in [6.45, 7) is -0.148. The molecule has 3 heteroatoms. The minimum Gasteiger partial charge on any atom is -0.384 e. The summed E-state index contributed by atoms with van der Waals surface area (Å²) >= 11 is 0. The van der Waals surface area contributed by atoms with Gasteiger partial charge < -0.3 is 10.0 Å². The number of aliphatic hydroxyl groups is 1. The predicted molar refractivity (Wildman–Crippen MR) is 70.1 cm³/mol. The first-order valence-electron chi connectivity index (χ1n) is 6.19. The third-order valence-electron chi connectivity index (χ3n) is 3.39. The van der Waals surface area contributed by atoms with Gasteiger partial charge in [-0.25, -0.2) is 0 Å². The Hall–Kier alpha value is -1.79. The van der Waals surface area contributed by atoms with Gasteiger partial charge in [0.2, 0.25) is 0 Å². The average Bonchev–Trinajstić information content (AvgIpc) is 2.34. The Balaban J connectivity index is 2.06. The Bertz CT molecular complexity index is 477. The summed E-state index contributed by atoms with van der Waals surface area (Å²) in [6, 6.07) is 7.61. The van der Waals surface area contributed by atoms with Crippen molar-refractivity contribution < 1.29 is 9.90 Å². The Labute approximate surface area is 107 Å². The summed E-state index contributed by atoms with van der Waals surface area (Å²) in [6.07, 6.45) is 3.45. The Kier molecular flexibility index (Phi) is 4.01. The first-order chi connectivity index (χ1) is 8.72. The van der Waals surface area contributed by atoms with E-state index in [0.717, 1.165) is 18.4 Å². The van der Waals surface area contributed by atoms with Crippen LogP contribution in [0.4, 0.5) is 0 Å². The summed E-state index contributed by atoms with van der Waals surface area (Å²) in [5.41, 5.74) is 1.51. The molecule has 94 valence electrons. The normalized spacial score (nSPS) is 14.3. The van der Waals surface area contributed by atoms with Crippen molar-refractivity contribution in [1.29, 1.82) is 0 Å². The SMILES string of the molecule is CN(C(=O)c1ccc(C#CCO)cc1)C1CCC1. The molecule has 0 spiro atoms. The van der Waals surface area contributed by atoms with Gasteiger partial charge in [0.05, 0.1) is 0 Å². The highest BCUT2D eigenvalue weighted by Crippen LogP contribution is 2.24. The molecule has 3 nitrogen and oxygen atoms in total. The molecule has 0 saturated heterocycles. The van der Waals surface area contributed by atoms with Crippen LogP contribution in [0.1, 0.15) is 35.2 Å². The van der Waals surface area contributed by atoms with Gasteiger partial charge in [-0.3, -0.25) is 4.79 Å². The number of benzene rings is 1. The van der Waals surface area contributed by atoms with Gasteiger partial charge in [0.15, 0.2) is 0 Å². The largest absolute Gasteiger partial charge is 0.384 e. The lowest BCUT2D eigenvalue weighted by molar-refractivity contribution is 0.0652. The molecule has 1 aromatic carbocycles. The third kappa shape index (κ3) is 2.72. The highest BCUT2D eigenvalue weighted by atomic mass is 16.2. The Morgan fingerprint density at radius 1 is 1.39 bits per heavy atom. The monoisotopic (exact) mass is 243 g/mol. The zero-order valence-corrected chi connectivity index (χ0v) is 10.5. The van der Waals surface area contributed by atoms with E-state index in [-0.39, 0.29) is 12.5 Å². The molecular weight excluding hydrogens is 226 g/mol. The number of hydrogen-bond acceptors (Lipinski definition) is 2. The van der Waals surface area contributed by atoms with Gasteiger partial charge in [-0.2, -0.15) is 0 Å². The van der Waals surface area contributed by atoms with Crippen LogP contribution < -0.4 is 0 Å². The number of rotatable bonds is 2. The molecule has 0 aliphatic heterocycles. The molecule has 1 aliphatic rings. The van der Waals surface area contributed by atoms with E-state index in [1.54, 1.807) is 12.1 Å². The smallest absolute Gasteiger partial charge is 0.253 e.